The smallest absolute Gasteiger partial charge is 0.272 e. The molecule has 1 fully saturated rings. The molecule has 0 saturated heterocycles. The van der Waals surface area contributed by atoms with E-state index in [1.165, 1.54) is 12.8 Å². The second-order valence-corrected chi connectivity index (χ2v) is 5.39. The maximum absolute atomic E-state index is 12.0. The molecular formula is C13H19N5O2. The molecule has 3 rings (SSSR count). The van der Waals surface area contributed by atoms with Gasteiger partial charge in [0.2, 0.25) is 5.91 Å². The number of carbonyl (C=O) groups is 2. The van der Waals surface area contributed by atoms with E-state index in [0.717, 1.165) is 30.8 Å². The molecule has 0 atom stereocenters. The highest BCUT2D eigenvalue weighted by atomic mass is 16.2. The van der Waals surface area contributed by atoms with Gasteiger partial charge >= 0.3 is 0 Å². The van der Waals surface area contributed by atoms with Crippen LogP contribution in [-0.4, -0.2) is 41.6 Å². The normalized spacial score (nSPS) is 17.4. The molecule has 0 bridgehead atoms. The van der Waals surface area contributed by atoms with E-state index < -0.39 is 0 Å². The van der Waals surface area contributed by atoms with Gasteiger partial charge in [-0.25, -0.2) is 0 Å². The topological polar surface area (TPSA) is 98.9 Å². The molecule has 4 N–H and O–H groups in total. The van der Waals surface area contributed by atoms with Crippen LogP contribution in [0.5, 0.6) is 0 Å². The molecule has 7 heteroatoms. The van der Waals surface area contributed by atoms with Crippen molar-refractivity contribution >= 4 is 11.8 Å². The van der Waals surface area contributed by atoms with Crippen LogP contribution in [0.1, 0.15) is 34.6 Å². The van der Waals surface area contributed by atoms with Crippen molar-refractivity contribution in [1.82, 2.24) is 26.1 Å². The summed E-state index contributed by atoms with van der Waals surface area (Å²) in [6.45, 7) is 2.25. The Morgan fingerprint density at radius 3 is 2.95 bits per heavy atom. The number of amides is 2. The predicted molar refractivity (Wildman–Crippen MR) is 72.1 cm³/mol. The van der Waals surface area contributed by atoms with Crippen LogP contribution in [0.2, 0.25) is 0 Å². The molecule has 2 heterocycles. The predicted octanol–water partition coefficient (Wildman–Crippen LogP) is -0.689. The van der Waals surface area contributed by atoms with Gasteiger partial charge in [-0.2, -0.15) is 5.10 Å². The van der Waals surface area contributed by atoms with Gasteiger partial charge < -0.3 is 16.0 Å². The van der Waals surface area contributed by atoms with E-state index in [0.29, 0.717) is 18.2 Å². The van der Waals surface area contributed by atoms with Crippen LogP contribution in [0, 0.1) is 5.92 Å². The minimum absolute atomic E-state index is 0.000610. The van der Waals surface area contributed by atoms with Crippen molar-refractivity contribution in [3.8, 4) is 0 Å². The molecular weight excluding hydrogens is 258 g/mol. The number of hydrogen-bond donors (Lipinski definition) is 4. The van der Waals surface area contributed by atoms with Crippen LogP contribution in [0.4, 0.5) is 0 Å². The Bertz CT molecular complexity index is 521. The Balaban J connectivity index is 1.50. The number of aromatic nitrogens is 2. The average molecular weight is 277 g/mol. The van der Waals surface area contributed by atoms with Gasteiger partial charge in [-0.3, -0.25) is 14.7 Å². The van der Waals surface area contributed by atoms with E-state index in [9.17, 15) is 9.59 Å². The first kappa shape index (κ1) is 13.1. The summed E-state index contributed by atoms with van der Waals surface area (Å²) in [7, 11) is 0. The van der Waals surface area contributed by atoms with Crippen LogP contribution < -0.4 is 16.0 Å². The second-order valence-electron chi connectivity index (χ2n) is 5.39. The third kappa shape index (κ3) is 2.98. The Hall–Kier alpha value is -1.89. The number of H-pyrrole nitrogens is 1. The van der Waals surface area contributed by atoms with Crippen LogP contribution >= 0.6 is 0 Å². The van der Waals surface area contributed by atoms with Gasteiger partial charge in [-0.05, 0) is 18.8 Å². The molecule has 2 amide bonds. The zero-order valence-corrected chi connectivity index (χ0v) is 11.3. The molecule has 1 aliphatic carbocycles. The zero-order chi connectivity index (χ0) is 13.9. The summed E-state index contributed by atoms with van der Waals surface area (Å²) in [5, 5.41) is 15.6. The molecule has 0 unspecified atom stereocenters. The fourth-order valence-corrected chi connectivity index (χ4v) is 2.30. The molecule has 0 aromatic carbocycles. The quantitative estimate of drug-likeness (QED) is 0.572. The fraction of sp³-hybridized carbons (Fsp3) is 0.615. The molecule has 0 radical (unpaired) electrons. The number of rotatable bonds is 5. The highest BCUT2D eigenvalue weighted by Gasteiger charge is 2.23. The standard InChI is InChI=1S/C13H19N5O2/c19-11(15-5-8-1-2-8)7-16-13(20)12-9-6-14-4-3-10(9)17-18-12/h8,14H,1-7H2,(H,15,19)(H,16,20)(H,17,18). The lowest BCUT2D eigenvalue weighted by atomic mass is 10.1. The molecule has 1 saturated carbocycles. The molecule has 2 aliphatic rings. The summed E-state index contributed by atoms with van der Waals surface area (Å²) in [5.41, 5.74) is 2.31. The minimum Gasteiger partial charge on any atom is -0.354 e. The Morgan fingerprint density at radius 2 is 2.15 bits per heavy atom. The van der Waals surface area contributed by atoms with Gasteiger partial charge in [0.15, 0.2) is 5.69 Å². The van der Waals surface area contributed by atoms with Crippen molar-refractivity contribution in [1.29, 1.82) is 0 Å². The molecule has 20 heavy (non-hydrogen) atoms. The van der Waals surface area contributed by atoms with E-state index >= 15 is 0 Å². The van der Waals surface area contributed by atoms with E-state index in [1.54, 1.807) is 0 Å². The fourth-order valence-electron chi connectivity index (χ4n) is 2.30. The molecule has 1 aromatic rings. The highest BCUT2D eigenvalue weighted by Crippen LogP contribution is 2.27. The number of nitrogens with zero attached hydrogens (tertiary/aromatic N) is 1. The van der Waals surface area contributed by atoms with Gasteiger partial charge in [0.25, 0.3) is 5.91 Å². The Labute approximate surface area is 116 Å². The maximum atomic E-state index is 12.0. The third-order valence-electron chi connectivity index (χ3n) is 3.72. The first-order valence-electron chi connectivity index (χ1n) is 7.06. The number of fused-ring (bicyclic) bond motifs is 1. The van der Waals surface area contributed by atoms with Crippen molar-refractivity contribution in [3.63, 3.8) is 0 Å². The molecule has 7 nitrogen and oxygen atoms in total. The Morgan fingerprint density at radius 1 is 1.30 bits per heavy atom. The molecule has 1 aliphatic heterocycles. The van der Waals surface area contributed by atoms with E-state index in [2.05, 4.69) is 26.1 Å². The monoisotopic (exact) mass is 277 g/mol. The number of aromatic amines is 1. The van der Waals surface area contributed by atoms with Gasteiger partial charge in [0, 0.05) is 37.3 Å². The van der Waals surface area contributed by atoms with Crippen molar-refractivity contribution in [2.24, 2.45) is 5.92 Å². The largest absolute Gasteiger partial charge is 0.354 e. The maximum Gasteiger partial charge on any atom is 0.272 e. The van der Waals surface area contributed by atoms with Crippen LogP contribution in [0.15, 0.2) is 0 Å². The van der Waals surface area contributed by atoms with Crippen molar-refractivity contribution in [3.05, 3.63) is 17.0 Å². The van der Waals surface area contributed by atoms with E-state index in [1.807, 2.05) is 0 Å². The molecule has 1 aromatic heterocycles. The summed E-state index contributed by atoms with van der Waals surface area (Å²) in [6, 6.07) is 0. The number of carbonyl (C=O) groups excluding carboxylic acids is 2. The lowest BCUT2D eigenvalue weighted by molar-refractivity contribution is -0.120. The van der Waals surface area contributed by atoms with Gasteiger partial charge in [0.05, 0.1) is 6.54 Å². The Kier molecular flexibility index (Phi) is 3.68. The summed E-state index contributed by atoms with van der Waals surface area (Å²) in [6.07, 6.45) is 3.23. The van der Waals surface area contributed by atoms with Gasteiger partial charge in [-0.1, -0.05) is 0 Å². The summed E-state index contributed by atoms with van der Waals surface area (Å²) >= 11 is 0. The number of hydrogen-bond acceptors (Lipinski definition) is 4. The van der Waals surface area contributed by atoms with Crippen LogP contribution in [0.25, 0.3) is 0 Å². The summed E-state index contributed by atoms with van der Waals surface area (Å²) < 4.78 is 0. The second kappa shape index (κ2) is 5.62. The summed E-state index contributed by atoms with van der Waals surface area (Å²) in [5.74, 6) is 0.194. The number of nitrogens with one attached hydrogen (secondary N) is 4. The van der Waals surface area contributed by atoms with Crippen molar-refractivity contribution in [2.75, 3.05) is 19.6 Å². The lowest BCUT2D eigenvalue weighted by Gasteiger charge is -2.12. The minimum atomic E-state index is -0.298. The van der Waals surface area contributed by atoms with Crippen molar-refractivity contribution in [2.45, 2.75) is 25.8 Å². The van der Waals surface area contributed by atoms with Gasteiger partial charge in [0.1, 0.15) is 0 Å². The van der Waals surface area contributed by atoms with E-state index in [-0.39, 0.29) is 18.4 Å². The molecule has 0 spiro atoms. The highest BCUT2D eigenvalue weighted by molar-refractivity contribution is 5.96. The average Bonchev–Trinajstić information content (AvgIpc) is 3.20. The zero-order valence-electron chi connectivity index (χ0n) is 11.3. The lowest BCUT2D eigenvalue weighted by Crippen LogP contribution is -2.38. The van der Waals surface area contributed by atoms with Crippen LogP contribution in [-0.2, 0) is 17.8 Å². The third-order valence-corrected chi connectivity index (χ3v) is 3.72. The van der Waals surface area contributed by atoms with Crippen LogP contribution in [0.3, 0.4) is 0 Å². The first-order valence-corrected chi connectivity index (χ1v) is 7.06. The SMILES string of the molecule is O=C(CNC(=O)c1n[nH]c2c1CNCC2)NCC1CC1. The first-order chi connectivity index (χ1) is 9.74. The summed E-state index contributed by atoms with van der Waals surface area (Å²) in [4.78, 5) is 23.6. The van der Waals surface area contributed by atoms with Crippen molar-refractivity contribution < 1.29 is 9.59 Å². The van der Waals surface area contributed by atoms with Gasteiger partial charge in [-0.15, -0.1) is 0 Å². The van der Waals surface area contributed by atoms with E-state index in [4.69, 9.17) is 0 Å². The molecule has 108 valence electrons.